The van der Waals surface area contributed by atoms with E-state index in [0.29, 0.717) is 79.0 Å². The predicted molar refractivity (Wildman–Crippen MR) is 294 cm³/mol. The summed E-state index contributed by atoms with van der Waals surface area (Å²) in [6, 6.07) is -6.83. The zero-order chi connectivity index (χ0) is 59.5. The summed E-state index contributed by atoms with van der Waals surface area (Å²) in [5, 5.41) is 52.5. The first-order valence-electron chi connectivity index (χ1n) is 27.0. The molecule has 0 saturated carbocycles. The van der Waals surface area contributed by atoms with Crippen LogP contribution in [0.4, 0.5) is 0 Å². The zero-order valence-corrected chi connectivity index (χ0v) is 47.6. The number of unbranched alkanes of at least 4 members (excludes halogenated alkanes) is 3. The summed E-state index contributed by atoms with van der Waals surface area (Å²) in [5.74, 6) is -5.54. The third-order valence-electron chi connectivity index (χ3n) is 14.5. The summed E-state index contributed by atoms with van der Waals surface area (Å²) < 4.78 is 21.0. The van der Waals surface area contributed by atoms with Crippen molar-refractivity contribution in [2.75, 3.05) is 58.0 Å². The van der Waals surface area contributed by atoms with E-state index in [9.17, 15) is 63.3 Å². The highest BCUT2D eigenvalue weighted by Gasteiger charge is 2.45. The van der Waals surface area contributed by atoms with Crippen LogP contribution in [0.5, 0.6) is 5.75 Å². The molecule has 3 aliphatic rings. The first kappa shape index (κ1) is 65.5. The number of ether oxygens (including phenoxy) is 1. The first-order chi connectivity index (χ1) is 38.6. The molecule has 1 aromatic heterocycles. The lowest BCUT2D eigenvalue weighted by molar-refractivity contribution is -0.144. The van der Waals surface area contributed by atoms with Crippen LogP contribution in [-0.4, -0.2) is 195 Å². The van der Waals surface area contributed by atoms with Gasteiger partial charge in [0.2, 0.25) is 64.1 Å². The van der Waals surface area contributed by atoms with Crippen LogP contribution in [0.15, 0.2) is 17.2 Å². The van der Waals surface area contributed by atoms with Crippen LogP contribution < -0.4 is 58.9 Å². The summed E-state index contributed by atoms with van der Waals surface area (Å²) in [6.07, 6.45) is -0.488. The third-order valence-corrected chi connectivity index (χ3v) is 17.0. The number of thioether (sulfide) groups is 1. The van der Waals surface area contributed by atoms with Gasteiger partial charge in [0.15, 0.2) is 6.04 Å². The molecule has 0 radical (unpaired) electrons. The average Bonchev–Trinajstić information content (AvgIpc) is 4.03. The summed E-state index contributed by atoms with van der Waals surface area (Å²) >= 11 is -0.907. The van der Waals surface area contributed by atoms with Gasteiger partial charge < -0.3 is 87.6 Å². The lowest BCUT2D eigenvalue weighted by Crippen LogP contribution is -2.62. The minimum atomic E-state index is -2.42. The first-order valence-corrected chi connectivity index (χ1v) is 29.5. The van der Waals surface area contributed by atoms with Crippen LogP contribution in [0, 0.1) is 11.8 Å². The predicted octanol–water partition coefficient (Wildman–Crippen LogP) is -4.04. The molecule has 2 bridgehead atoms. The number of rotatable bonds is 21. The van der Waals surface area contributed by atoms with Crippen molar-refractivity contribution in [3.63, 3.8) is 0 Å². The van der Waals surface area contributed by atoms with E-state index in [1.807, 2.05) is 0 Å². The zero-order valence-electron chi connectivity index (χ0n) is 45.9. The lowest BCUT2D eigenvalue weighted by Gasteiger charge is -2.32. The quantitative estimate of drug-likeness (QED) is 0.0321. The number of fused-ring (bicyclic) bond motifs is 5. The fraction of sp³-hybridized carbons (Fsp3) is 0.647. The smallest absolute Gasteiger partial charge is 0.248 e. The van der Waals surface area contributed by atoms with Crippen molar-refractivity contribution < 1.29 is 77.4 Å². The summed E-state index contributed by atoms with van der Waals surface area (Å²) in [7, 11) is 1.44. The number of hydrogen-bond donors (Lipinski definition) is 14. The summed E-state index contributed by atoms with van der Waals surface area (Å²) in [4.78, 5) is 148. The molecule has 1 aromatic carbocycles. The largest absolute Gasteiger partial charge is 0.610 e. The number of hydrogen-bond acceptors (Lipinski definition) is 18. The number of aromatic amines is 1. The average molecular weight is 1180 g/mol. The Kier molecular flexibility index (Phi) is 25.7. The Hall–Kier alpha value is -6.28. The molecule has 5 rings (SSSR count). The van der Waals surface area contributed by atoms with Crippen LogP contribution >= 0.6 is 11.8 Å². The Morgan fingerprint density at radius 1 is 0.889 bits per heavy atom. The van der Waals surface area contributed by atoms with Crippen LogP contribution in [0.1, 0.15) is 89.7 Å². The molecule has 28 nitrogen and oxygen atoms in total. The molecule has 16 N–H and O–H groups in total. The molecule has 0 aliphatic carbocycles. The minimum absolute atomic E-state index is 0.0635. The van der Waals surface area contributed by atoms with Gasteiger partial charge in [0, 0.05) is 71.7 Å². The number of nitrogens with one attached hydrogen (secondary N) is 9. The van der Waals surface area contributed by atoms with Gasteiger partial charge in [0.1, 0.15) is 41.7 Å². The van der Waals surface area contributed by atoms with E-state index in [1.54, 1.807) is 26.0 Å². The van der Waals surface area contributed by atoms with Crippen molar-refractivity contribution >= 4 is 92.9 Å². The molecule has 3 aliphatic heterocycles. The molecule has 81 heavy (non-hydrogen) atoms. The Bertz CT molecular complexity index is 2580. The van der Waals surface area contributed by atoms with Crippen molar-refractivity contribution in [2.24, 2.45) is 23.5 Å². The number of H-pyrrole nitrogens is 1. The number of aliphatic hydroxyl groups is 3. The fourth-order valence-electron chi connectivity index (χ4n) is 9.62. The second kappa shape index (κ2) is 31.8. The van der Waals surface area contributed by atoms with Crippen LogP contribution in [0.25, 0.3) is 10.9 Å². The Balaban J connectivity index is 1.66. The maximum Gasteiger partial charge on any atom is 0.248 e. The molecule has 450 valence electrons. The van der Waals surface area contributed by atoms with Gasteiger partial charge in [0.05, 0.1) is 57.6 Å². The van der Waals surface area contributed by atoms with Gasteiger partial charge in [-0.2, -0.15) is 11.8 Å². The molecule has 30 heteroatoms. The molecule has 1 saturated heterocycles. The SMILES string of the molecule is CC[C@H](C)[C@@H]1NC(=O)CNC(=O)[C@@H]2Cc3c([nH]c4c(CSCCCCNC(=O)CCCCCON)c(OC)ccc34)[S+]([O-])C[C@H](NC(=O)CNC1=O)C(=O)N[C@@H](CC(N)=O)C(=O)N1C[C@H](O)C[C@H]1C(=O)N[C@@H]([C@@H](C)[C@@H](O)CO)C(=O)N2. The number of benzene rings is 1. The Morgan fingerprint density at radius 3 is 2.28 bits per heavy atom. The Morgan fingerprint density at radius 2 is 1.60 bits per heavy atom. The van der Waals surface area contributed by atoms with E-state index in [0.717, 1.165) is 17.7 Å². The summed E-state index contributed by atoms with van der Waals surface area (Å²) in [5.41, 5.74) is 6.63. The summed E-state index contributed by atoms with van der Waals surface area (Å²) in [6.45, 7) is 2.62. The molecule has 11 atom stereocenters. The highest BCUT2D eigenvalue weighted by atomic mass is 32.2. The number of methoxy groups -OCH3 is 1. The van der Waals surface area contributed by atoms with Gasteiger partial charge >= 0.3 is 0 Å². The van der Waals surface area contributed by atoms with Gasteiger partial charge in [-0.05, 0) is 49.5 Å². The maximum absolute atomic E-state index is 15.2. The van der Waals surface area contributed by atoms with Crippen molar-refractivity contribution in [1.29, 1.82) is 0 Å². The second-order valence-electron chi connectivity index (χ2n) is 20.4. The van der Waals surface area contributed by atoms with Crippen LogP contribution in [-0.2, 0) is 76.1 Å². The topological polar surface area (TPSA) is 440 Å². The molecule has 0 spiro atoms. The molecule has 1 fully saturated rings. The normalized spacial score (nSPS) is 24.9. The monoisotopic (exact) mass is 1180 g/mol. The number of carbonyl (C=O) groups is 10. The fourth-order valence-corrected chi connectivity index (χ4v) is 12.1. The van der Waals surface area contributed by atoms with Crippen molar-refractivity contribution in [3.05, 3.63) is 23.3 Å². The number of carbonyl (C=O) groups excluding carboxylic acids is 10. The van der Waals surface area contributed by atoms with Crippen molar-refractivity contribution in [1.82, 2.24) is 52.4 Å². The molecule has 2 aromatic rings. The number of nitrogens with zero attached hydrogens (tertiary/aromatic N) is 1. The number of aliphatic hydroxyl groups excluding tert-OH is 3. The molecule has 1 unspecified atom stereocenters. The third kappa shape index (κ3) is 18.4. The van der Waals surface area contributed by atoms with Gasteiger partial charge in [-0.15, -0.1) is 0 Å². The van der Waals surface area contributed by atoms with E-state index < -0.39 is 176 Å². The highest BCUT2D eigenvalue weighted by Crippen LogP contribution is 2.37. The van der Waals surface area contributed by atoms with Crippen molar-refractivity contribution in [3.8, 4) is 5.75 Å². The van der Waals surface area contributed by atoms with E-state index in [4.69, 9.17) is 16.4 Å². The van der Waals surface area contributed by atoms with E-state index in [-0.39, 0.29) is 16.5 Å². The van der Waals surface area contributed by atoms with Crippen LogP contribution in [0.2, 0.25) is 0 Å². The Labute approximate surface area is 475 Å². The molecular weight excluding hydrogens is 1100 g/mol. The second-order valence-corrected chi connectivity index (χ2v) is 22.9. The number of primary amides is 1. The highest BCUT2D eigenvalue weighted by molar-refractivity contribution is 7.98. The molecule has 10 amide bonds. The van der Waals surface area contributed by atoms with Gasteiger partial charge in [-0.25, -0.2) is 5.90 Å². The lowest BCUT2D eigenvalue weighted by atomic mass is 9.93. The van der Waals surface area contributed by atoms with Crippen LogP contribution in [0.3, 0.4) is 0 Å². The van der Waals surface area contributed by atoms with E-state index >= 15 is 4.55 Å². The van der Waals surface area contributed by atoms with Gasteiger partial charge in [0.25, 0.3) is 0 Å². The van der Waals surface area contributed by atoms with Gasteiger partial charge in [-0.1, -0.05) is 33.6 Å². The van der Waals surface area contributed by atoms with E-state index in [2.05, 4.69) is 52.4 Å². The number of aromatic nitrogens is 1. The van der Waals surface area contributed by atoms with Gasteiger partial charge in [-0.3, -0.25) is 47.9 Å². The number of nitrogens with two attached hydrogens (primary N) is 2. The standard InChI is InChI=1S/C51H78N12O16S2/c1-5-26(2)42-48(74)56-20-40(69)57-34-25-81(77)50-30(29-12-13-37(78-4)31(44(29)62-50)24-80-16-10-8-14-54-39(68)11-7-6-9-15-79-53)18-32(45(71)55-21-41(70)60-42)58-49(75)43(27(3)36(66)23-64)61-47(73)35-17-28(65)22-63(35)51(76)33(19-38(52)67)59-46(34)72/h12-13,26-28,32-36,42-43,62,64-66H,5-11,14-25,53H2,1-4H3,(H2,52,67)(H,54,68)(H,55,71)(H,56,74)(H,57,69)(H,58,75)(H,59,72)(H,60,70)(H,61,73)/t26-,27-,28+,32-,33-,34-,35-,36-,42-,43-,81?/m0/s1. The van der Waals surface area contributed by atoms with E-state index in [1.165, 1.54) is 25.8 Å². The maximum atomic E-state index is 15.2. The number of amides is 10. The van der Waals surface area contributed by atoms with Crippen molar-refractivity contribution in [2.45, 2.75) is 144 Å². The molecule has 4 heterocycles. The molecular formula is C51H78N12O16S2. The minimum Gasteiger partial charge on any atom is -0.610 e.